The summed E-state index contributed by atoms with van der Waals surface area (Å²) in [7, 11) is 0. The van der Waals surface area contributed by atoms with Gasteiger partial charge in [-0.1, -0.05) is 6.92 Å². The molecule has 0 aliphatic carbocycles. The van der Waals surface area contributed by atoms with Gasteiger partial charge < -0.3 is 10.6 Å². The Labute approximate surface area is 134 Å². The van der Waals surface area contributed by atoms with Gasteiger partial charge in [0.05, 0.1) is 23.8 Å². The number of nitrogens with zero attached hydrogens (tertiary/aromatic N) is 2. The van der Waals surface area contributed by atoms with Crippen LogP contribution in [-0.2, 0) is 6.18 Å². The number of benzene rings is 1. The highest BCUT2D eigenvalue weighted by molar-refractivity contribution is 8.00. The molecule has 1 fully saturated rings. The van der Waals surface area contributed by atoms with E-state index in [1.165, 1.54) is 22.7 Å². The number of fused-ring (bicyclic) bond motifs is 3. The first-order chi connectivity index (χ1) is 10.2. The highest BCUT2D eigenvalue weighted by atomic mass is 32.2. The quantitative estimate of drug-likeness (QED) is 0.733. The van der Waals surface area contributed by atoms with E-state index in [9.17, 15) is 18.0 Å². The maximum Gasteiger partial charge on any atom is 0.416 e. The Bertz CT molecular complexity index is 664. The van der Waals surface area contributed by atoms with Gasteiger partial charge in [-0.25, -0.2) is 4.79 Å². The molecule has 2 N–H and O–H groups in total. The molecule has 1 aromatic carbocycles. The molecule has 118 valence electrons. The average molecular weight is 347 g/mol. The minimum absolute atomic E-state index is 0.0755. The molecule has 0 radical (unpaired) electrons. The minimum atomic E-state index is -4.43. The Hall–Kier alpha value is -1.48. The van der Waals surface area contributed by atoms with Gasteiger partial charge in [0.1, 0.15) is 0 Å². The van der Waals surface area contributed by atoms with Crippen LogP contribution in [0.2, 0.25) is 0 Å². The largest absolute Gasteiger partial charge is 0.416 e. The fraction of sp³-hybridized carbons (Fsp3) is 0.385. The number of halogens is 3. The molecule has 2 aliphatic heterocycles. The zero-order valence-corrected chi connectivity index (χ0v) is 13.1. The van der Waals surface area contributed by atoms with Crippen LogP contribution in [0.5, 0.6) is 0 Å². The summed E-state index contributed by atoms with van der Waals surface area (Å²) < 4.78 is 38.8. The Morgan fingerprint density at radius 3 is 2.73 bits per heavy atom. The molecule has 1 saturated heterocycles. The number of amides is 2. The molecule has 1 aromatic rings. The van der Waals surface area contributed by atoms with E-state index in [2.05, 4.69) is 0 Å². The molecule has 0 saturated carbocycles. The van der Waals surface area contributed by atoms with Gasteiger partial charge >= 0.3 is 12.2 Å². The molecule has 9 heteroatoms. The maximum atomic E-state index is 12.9. The minimum Gasteiger partial charge on any atom is -0.351 e. The van der Waals surface area contributed by atoms with Crippen LogP contribution in [0.3, 0.4) is 0 Å². The summed E-state index contributed by atoms with van der Waals surface area (Å²) in [5.74, 6) is 0. The lowest BCUT2D eigenvalue weighted by atomic mass is 10.1. The van der Waals surface area contributed by atoms with Crippen LogP contribution >= 0.6 is 24.0 Å². The SMILES string of the molecule is CC1Sc2ccc(C(F)(F)F)cc2N2C(=S)N(C(N)=O)CC12. The first kappa shape index (κ1) is 15.4. The first-order valence-electron chi connectivity index (χ1n) is 6.48. The number of primary amides is 1. The molecular weight excluding hydrogens is 335 g/mol. The van der Waals surface area contributed by atoms with Crippen molar-refractivity contribution in [1.29, 1.82) is 0 Å². The zero-order valence-electron chi connectivity index (χ0n) is 11.4. The van der Waals surface area contributed by atoms with E-state index in [0.717, 1.165) is 12.1 Å². The van der Waals surface area contributed by atoms with Gasteiger partial charge in [0, 0.05) is 10.1 Å². The van der Waals surface area contributed by atoms with Gasteiger partial charge in [-0.3, -0.25) is 4.90 Å². The third-order valence-corrected chi connectivity index (χ3v) is 5.51. The van der Waals surface area contributed by atoms with Gasteiger partial charge in [0.25, 0.3) is 0 Å². The van der Waals surface area contributed by atoms with Crippen LogP contribution in [0.1, 0.15) is 12.5 Å². The summed E-state index contributed by atoms with van der Waals surface area (Å²) >= 11 is 6.72. The van der Waals surface area contributed by atoms with E-state index >= 15 is 0 Å². The number of alkyl halides is 3. The van der Waals surface area contributed by atoms with Crippen molar-refractivity contribution in [3.05, 3.63) is 23.8 Å². The standard InChI is InChI=1S/C13H12F3N3OS2/c1-6-9-5-18(11(17)20)12(21)19(9)8-4-7(13(14,15)16)2-3-10(8)22-6/h2-4,6,9H,5H2,1H3,(H2,17,20). The molecule has 2 heterocycles. The van der Waals surface area contributed by atoms with Crippen LogP contribution in [0.4, 0.5) is 23.7 Å². The molecular formula is C13H12F3N3OS2. The predicted molar refractivity (Wildman–Crippen MR) is 81.9 cm³/mol. The van der Waals surface area contributed by atoms with Crippen LogP contribution in [-0.4, -0.2) is 33.9 Å². The lowest BCUT2D eigenvalue weighted by Gasteiger charge is -2.36. The van der Waals surface area contributed by atoms with Gasteiger partial charge in [-0.05, 0) is 30.4 Å². The van der Waals surface area contributed by atoms with Crippen LogP contribution in [0, 0.1) is 0 Å². The topological polar surface area (TPSA) is 49.6 Å². The fourth-order valence-corrected chi connectivity index (χ4v) is 4.29. The molecule has 0 bridgehead atoms. The van der Waals surface area contributed by atoms with Gasteiger partial charge in [-0.15, -0.1) is 11.8 Å². The number of hydrogen-bond donors (Lipinski definition) is 1. The molecule has 22 heavy (non-hydrogen) atoms. The molecule has 2 amide bonds. The van der Waals surface area contributed by atoms with Crippen molar-refractivity contribution in [2.75, 3.05) is 11.4 Å². The Kier molecular flexibility index (Phi) is 3.52. The smallest absolute Gasteiger partial charge is 0.351 e. The lowest BCUT2D eigenvalue weighted by Crippen LogP contribution is -2.43. The van der Waals surface area contributed by atoms with Crippen molar-refractivity contribution in [1.82, 2.24) is 4.90 Å². The Morgan fingerprint density at radius 2 is 2.14 bits per heavy atom. The molecule has 2 aliphatic rings. The summed E-state index contributed by atoms with van der Waals surface area (Å²) in [6, 6.07) is 2.72. The third kappa shape index (κ3) is 2.32. The second-order valence-corrected chi connectivity index (χ2v) is 6.96. The highest BCUT2D eigenvalue weighted by Crippen LogP contribution is 2.46. The zero-order chi connectivity index (χ0) is 16.2. The van der Waals surface area contributed by atoms with Crippen molar-refractivity contribution in [2.45, 2.75) is 29.3 Å². The van der Waals surface area contributed by atoms with E-state index in [4.69, 9.17) is 18.0 Å². The predicted octanol–water partition coefficient (Wildman–Crippen LogP) is 3.05. The van der Waals surface area contributed by atoms with Crippen LogP contribution in [0.25, 0.3) is 0 Å². The van der Waals surface area contributed by atoms with Crippen molar-refractivity contribution >= 4 is 40.8 Å². The van der Waals surface area contributed by atoms with Crippen molar-refractivity contribution in [2.24, 2.45) is 5.73 Å². The monoisotopic (exact) mass is 347 g/mol. The summed E-state index contributed by atoms with van der Waals surface area (Å²) in [6.07, 6.45) is -4.43. The number of thiocarbonyl (C=S) groups is 1. The Balaban J connectivity index is 2.09. The third-order valence-electron chi connectivity index (χ3n) is 3.80. The number of anilines is 1. The second-order valence-electron chi connectivity index (χ2n) is 5.17. The molecule has 2 unspecified atom stereocenters. The van der Waals surface area contributed by atoms with E-state index in [0.29, 0.717) is 10.6 Å². The van der Waals surface area contributed by atoms with E-state index in [1.54, 1.807) is 4.90 Å². The van der Waals surface area contributed by atoms with E-state index < -0.39 is 17.8 Å². The number of rotatable bonds is 0. The van der Waals surface area contributed by atoms with Crippen LogP contribution in [0.15, 0.2) is 23.1 Å². The summed E-state index contributed by atoms with van der Waals surface area (Å²) in [6.45, 7) is 2.24. The van der Waals surface area contributed by atoms with Gasteiger partial charge in [-0.2, -0.15) is 13.2 Å². The van der Waals surface area contributed by atoms with Gasteiger partial charge in [0.15, 0.2) is 5.11 Å². The lowest BCUT2D eigenvalue weighted by molar-refractivity contribution is -0.137. The number of carbonyl (C=O) groups excluding carboxylic acids is 1. The molecule has 3 rings (SSSR count). The molecule has 0 aromatic heterocycles. The average Bonchev–Trinajstić information content (AvgIpc) is 2.76. The van der Waals surface area contributed by atoms with E-state index in [-0.39, 0.29) is 22.9 Å². The van der Waals surface area contributed by atoms with E-state index in [1.807, 2.05) is 6.92 Å². The van der Waals surface area contributed by atoms with Gasteiger partial charge in [0.2, 0.25) is 0 Å². The number of hydrogen-bond acceptors (Lipinski definition) is 3. The Morgan fingerprint density at radius 1 is 1.45 bits per heavy atom. The van der Waals surface area contributed by atoms with Crippen molar-refractivity contribution < 1.29 is 18.0 Å². The van der Waals surface area contributed by atoms with Crippen molar-refractivity contribution in [3.8, 4) is 0 Å². The number of urea groups is 1. The second kappa shape index (κ2) is 5.02. The molecule has 2 atom stereocenters. The molecule has 0 spiro atoms. The number of thioether (sulfide) groups is 1. The fourth-order valence-electron chi connectivity index (χ4n) is 2.70. The molecule has 4 nitrogen and oxygen atoms in total. The summed E-state index contributed by atoms with van der Waals surface area (Å²) in [4.78, 5) is 15.0. The normalized spacial score (nSPS) is 24.3. The summed E-state index contributed by atoms with van der Waals surface area (Å²) in [5.41, 5.74) is 4.94. The highest BCUT2D eigenvalue weighted by Gasteiger charge is 2.45. The van der Waals surface area contributed by atoms with Crippen LogP contribution < -0.4 is 10.6 Å². The first-order valence-corrected chi connectivity index (χ1v) is 7.77. The number of nitrogens with two attached hydrogens (primary N) is 1. The summed E-state index contributed by atoms with van der Waals surface area (Å²) in [5, 5.41) is 0.233. The number of carbonyl (C=O) groups is 1. The maximum absolute atomic E-state index is 12.9. The van der Waals surface area contributed by atoms with Crippen molar-refractivity contribution in [3.63, 3.8) is 0 Å².